The molecular weight excluding hydrogens is 540 g/mol. The Kier molecular flexibility index (Phi) is 8.68. The van der Waals surface area contributed by atoms with Crippen LogP contribution in [0.1, 0.15) is 34.0 Å². The normalized spacial score (nSPS) is 13.8. The van der Waals surface area contributed by atoms with Crippen LogP contribution in [-0.4, -0.2) is 59.4 Å². The summed E-state index contributed by atoms with van der Waals surface area (Å²) in [6.07, 6.45) is -5.11. The number of hydrogen-bond donors (Lipinski definition) is 4. The highest BCUT2D eigenvalue weighted by Crippen LogP contribution is 2.29. The van der Waals surface area contributed by atoms with Gasteiger partial charge in [-0.05, 0) is 36.2 Å². The Hall–Kier alpha value is -4.34. The summed E-state index contributed by atoms with van der Waals surface area (Å²) in [6, 6.07) is 3.50. The number of carboxylic acids is 1. The van der Waals surface area contributed by atoms with Crippen molar-refractivity contribution >= 4 is 11.9 Å². The number of carboxylic acid groups (broad SMARTS) is 1. The van der Waals surface area contributed by atoms with E-state index in [0.29, 0.717) is 12.1 Å². The van der Waals surface area contributed by atoms with E-state index in [1.165, 1.54) is 11.0 Å². The molecule has 1 aliphatic rings. The van der Waals surface area contributed by atoms with Crippen LogP contribution in [0, 0.1) is 17.5 Å². The van der Waals surface area contributed by atoms with Gasteiger partial charge in [-0.15, -0.1) is 10.2 Å². The lowest BCUT2D eigenvalue weighted by molar-refractivity contribution is -0.148. The molecule has 0 radical (unpaired) electrons. The largest absolute Gasteiger partial charge is 0.508 e. The van der Waals surface area contributed by atoms with Crippen LogP contribution >= 0.6 is 0 Å². The minimum Gasteiger partial charge on any atom is -0.508 e. The number of nitrogens with two attached hydrogens (primary N) is 1. The maximum atomic E-state index is 13.7. The molecule has 5 N–H and O–H groups in total. The second-order valence-corrected chi connectivity index (χ2v) is 8.44. The molecule has 0 bridgehead atoms. The average molecular weight is 561 g/mol. The van der Waals surface area contributed by atoms with Crippen LogP contribution < -0.4 is 5.73 Å². The standard InChI is InChI=1S/C16H15F6N5O.C7H6O4/c17-10-6-12(19)11(18)4-8(10)3-9(23)5-14(28)26-1-2-27-13(7-26)24-25-15(27)16(20,21)22;8-4-1-2-6(9)5(3-4)7(10)11/h4,6,9H,1-3,5,7,23H2;1-3,8-9H,(H,10,11). The van der Waals surface area contributed by atoms with Crippen molar-refractivity contribution in [1.82, 2.24) is 19.7 Å². The zero-order chi connectivity index (χ0) is 29.1. The molecule has 10 nitrogen and oxygen atoms in total. The van der Waals surface area contributed by atoms with Crippen molar-refractivity contribution in [3.05, 3.63) is 70.6 Å². The van der Waals surface area contributed by atoms with Crippen molar-refractivity contribution < 1.29 is 51.3 Å². The number of halogens is 6. The van der Waals surface area contributed by atoms with Crippen molar-refractivity contribution in [2.75, 3.05) is 6.54 Å². The smallest absolute Gasteiger partial charge is 0.451 e. The van der Waals surface area contributed by atoms with E-state index in [-0.39, 0.29) is 60.9 Å². The number of hydrogen-bond acceptors (Lipinski definition) is 7. The fraction of sp³-hybridized carbons (Fsp3) is 0.304. The maximum Gasteiger partial charge on any atom is 0.451 e. The molecule has 1 aliphatic heterocycles. The summed E-state index contributed by atoms with van der Waals surface area (Å²) in [5.41, 5.74) is 5.34. The third-order valence-corrected chi connectivity index (χ3v) is 5.58. The van der Waals surface area contributed by atoms with Crippen molar-refractivity contribution in [3.63, 3.8) is 0 Å². The topological polar surface area (TPSA) is 155 Å². The van der Waals surface area contributed by atoms with Crippen molar-refractivity contribution in [2.45, 2.75) is 38.1 Å². The van der Waals surface area contributed by atoms with Crippen LogP contribution in [0.25, 0.3) is 0 Å². The molecule has 1 amide bonds. The predicted molar refractivity (Wildman–Crippen MR) is 120 cm³/mol. The molecule has 210 valence electrons. The highest BCUT2D eigenvalue weighted by molar-refractivity contribution is 5.91. The van der Waals surface area contributed by atoms with Gasteiger partial charge in [0, 0.05) is 31.6 Å². The fourth-order valence-corrected chi connectivity index (χ4v) is 3.70. The van der Waals surface area contributed by atoms with Gasteiger partial charge in [-0.3, -0.25) is 4.79 Å². The van der Waals surface area contributed by atoms with Gasteiger partial charge in [0.15, 0.2) is 17.5 Å². The Balaban J connectivity index is 0.000000320. The quantitative estimate of drug-likeness (QED) is 0.211. The average Bonchev–Trinajstić information content (AvgIpc) is 3.28. The van der Waals surface area contributed by atoms with Gasteiger partial charge >= 0.3 is 12.1 Å². The first kappa shape index (κ1) is 29.2. The molecule has 2 aromatic carbocycles. The Morgan fingerprint density at radius 3 is 2.28 bits per heavy atom. The van der Waals surface area contributed by atoms with Gasteiger partial charge in [-0.1, -0.05) is 0 Å². The molecule has 16 heteroatoms. The first-order valence-corrected chi connectivity index (χ1v) is 11.1. The number of aromatic nitrogens is 3. The second-order valence-electron chi connectivity index (χ2n) is 8.44. The molecule has 1 unspecified atom stereocenters. The van der Waals surface area contributed by atoms with Gasteiger partial charge < -0.3 is 30.5 Å². The number of amides is 1. The molecule has 1 aromatic heterocycles. The lowest BCUT2D eigenvalue weighted by atomic mass is 10.0. The lowest BCUT2D eigenvalue weighted by Crippen LogP contribution is -2.42. The van der Waals surface area contributed by atoms with E-state index < -0.39 is 47.4 Å². The number of aromatic carboxylic acids is 1. The molecule has 0 saturated carbocycles. The molecule has 0 aliphatic carbocycles. The molecular formula is C23H21F6N5O5. The van der Waals surface area contributed by atoms with Crippen LogP contribution in [0.5, 0.6) is 11.5 Å². The van der Waals surface area contributed by atoms with Gasteiger partial charge in [0.05, 0.1) is 6.54 Å². The summed E-state index contributed by atoms with van der Waals surface area (Å²) in [4.78, 5) is 23.9. The van der Waals surface area contributed by atoms with E-state index >= 15 is 0 Å². The van der Waals surface area contributed by atoms with Crippen LogP contribution in [-0.2, 0) is 30.5 Å². The summed E-state index contributed by atoms with van der Waals surface area (Å²) in [5, 5.41) is 32.7. The first-order valence-electron chi connectivity index (χ1n) is 11.1. The molecule has 1 atom stereocenters. The summed E-state index contributed by atoms with van der Waals surface area (Å²) in [7, 11) is 0. The number of aromatic hydroxyl groups is 2. The number of fused-ring (bicyclic) bond motifs is 1. The summed E-state index contributed by atoms with van der Waals surface area (Å²) >= 11 is 0. The number of benzene rings is 2. The highest BCUT2D eigenvalue weighted by Gasteiger charge is 2.40. The van der Waals surface area contributed by atoms with Crippen LogP contribution in [0.2, 0.25) is 0 Å². The summed E-state index contributed by atoms with van der Waals surface area (Å²) in [6.45, 7) is -0.302. The zero-order valence-electron chi connectivity index (χ0n) is 19.8. The number of carbonyl (C=O) groups excluding carboxylic acids is 1. The van der Waals surface area contributed by atoms with Gasteiger partial charge in [-0.25, -0.2) is 18.0 Å². The minimum absolute atomic E-state index is 0.000783. The Bertz CT molecular complexity index is 1380. The van der Waals surface area contributed by atoms with Gasteiger partial charge in [0.2, 0.25) is 11.7 Å². The number of alkyl halides is 3. The third kappa shape index (κ3) is 7.16. The van der Waals surface area contributed by atoms with E-state index in [4.69, 9.17) is 21.1 Å². The van der Waals surface area contributed by atoms with Crippen molar-refractivity contribution in [3.8, 4) is 11.5 Å². The number of phenolic OH excluding ortho intramolecular Hbond substituents is 1. The predicted octanol–water partition coefficient (Wildman–Crippen LogP) is 2.81. The molecule has 0 saturated heterocycles. The van der Waals surface area contributed by atoms with Crippen molar-refractivity contribution in [2.24, 2.45) is 5.73 Å². The molecule has 2 heterocycles. The molecule has 4 rings (SSSR count). The van der Waals surface area contributed by atoms with E-state index in [1.54, 1.807) is 0 Å². The highest BCUT2D eigenvalue weighted by atomic mass is 19.4. The lowest BCUT2D eigenvalue weighted by Gasteiger charge is -2.29. The van der Waals surface area contributed by atoms with E-state index in [9.17, 15) is 35.9 Å². The van der Waals surface area contributed by atoms with E-state index in [2.05, 4.69) is 10.2 Å². The number of nitrogens with zero attached hydrogens (tertiary/aromatic N) is 4. The Morgan fingerprint density at radius 2 is 1.67 bits per heavy atom. The number of phenols is 2. The van der Waals surface area contributed by atoms with Gasteiger partial charge in [0.1, 0.15) is 22.9 Å². The number of carbonyl (C=O) groups is 2. The van der Waals surface area contributed by atoms with E-state index in [0.717, 1.165) is 16.7 Å². The molecule has 0 spiro atoms. The van der Waals surface area contributed by atoms with E-state index in [1.807, 2.05) is 0 Å². The summed E-state index contributed by atoms with van der Waals surface area (Å²) in [5.74, 6) is -6.95. The summed E-state index contributed by atoms with van der Waals surface area (Å²) < 4.78 is 79.3. The minimum atomic E-state index is -4.64. The number of rotatable bonds is 5. The third-order valence-electron chi connectivity index (χ3n) is 5.58. The van der Waals surface area contributed by atoms with Gasteiger partial charge in [0.25, 0.3) is 0 Å². The van der Waals surface area contributed by atoms with Gasteiger partial charge in [-0.2, -0.15) is 13.2 Å². The Labute approximate surface area is 215 Å². The SMILES string of the molecule is NC(CC(=O)N1CCn2c(nnc2C(F)(F)F)C1)Cc1cc(F)c(F)cc1F.O=C(O)c1cc(O)ccc1O. The van der Waals surface area contributed by atoms with Crippen molar-refractivity contribution in [1.29, 1.82) is 0 Å². The maximum absolute atomic E-state index is 13.7. The monoisotopic (exact) mass is 561 g/mol. The Morgan fingerprint density at radius 1 is 1.00 bits per heavy atom. The van der Waals surface area contributed by atoms with Crippen LogP contribution in [0.4, 0.5) is 26.3 Å². The zero-order valence-corrected chi connectivity index (χ0v) is 19.8. The molecule has 0 fully saturated rings. The fourth-order valence-electron chi connectivity index (χ4n) is 3.70. The molecule has 3 aromatic rings. The molecule has 39 heavy (non-hydrogen) atoms. The van der Waals surface area contributed by atoms with Crippen LogP contribution in [0.15, 0.2) is 30.3 Å². The van der Waals surface area contributed by atoms with Crippen LogP contribution in [0.3, 0.4) is 0 Å². The first-order chi connectivity index (χ1) is 18.2. The second kappa shape index (κ2) is 11.6.